The number of benzene rings is 1. The fourth-order valence-corrected chi connectivity index (χ4v) is 2.67. The van der Waals surface area contributed by atoms with E-state index >= 15 is 0 Å². The third-order valence-electron chi connectivity index (χ3n) is 3.62. The lowest BCUT2D eigenvalue weighted by Gasteiger charge is -2.31. The van der Waals surface area contributed by atoms with Gasteiger partial charge in [-0.15, -0.1) is 13.2 Å². The summed E-state index contributed by atoms with van der Waals surface area (Å²) in [5, 5.41) is 3.30. The Labute approximate surface area is 116 Å². The van der Waals surface area contributed by atoms with E-state index in [2.05, 4.69) is 17.0 Å². The molecule has 0 aliphatic carbocycles. The van der Waals surface area contributed by atoms with Gasteiger partial charge in [0.05, 0.1) is 7.11 Å². The molecule has 0 unspecified atom stereocenters. The highest BCUT2D eigenvalue weighted by Gasteiger charge is 2.32. The Bertz CT molecular complexity index is 462. The zero-order chi connectivity index (χ0) is 14.8. The van der Waals surface area contributed by atoms with Gasteiger partial charge in [0.25, 0.3) is 0 Å². The molecule has 1 heterocycles. The smallest absolute Gasteiger partial charge is 0.496 e. The van der Waals surface area contributed by atoms with Gasteiger partial charge in [-0.3, -0.25) is 0 Å². The molecule has 2 rings (SSSR count). The molecule has 20 heavy (non-hydrogen) atoms. The van der Waals surface area contributed by atoms with Gasteiger partial charge in [-0.25, -0.2) is 0 Å². The number of ether oxygens (including phenoxy) is 2. The van der Waals surface area contributed by atoms with E-state index in [1.54, 1.807) is 6.07 Å². The molecule has 0 aromatic heterocycles. The maximum Gasteiger partial charge on any atom is 0.573 e. The van der Waals surface area contributed by atoms with Crippen molar-refractivity contribution < 1.29 is 22.6 Å². The van der Waals surface area contributed by atoms with Crippen molar-refractivity contribution in [2.24, 2.45) is 5.92 Å². The summed E-state index contributed by atoms with van der Waals surface area (Å²) in [4.78, 5) is 0. The highest BCUT2D eigenvalue weighted by atomic mass is 19.4. The largest absolute Gasteiger partial charge is 0.573 e. The predicted octanol–water partition coefficient (Wildman–Crippen LogP) is 3.31. The van der Waals surface area contributed by atoms with E-state index in [1.165, 1.54) is 19.2 Å². The minimum atomic E-state index is -4.69. The molecular formula is C14H18F3NO2. The molecule has 1 aliphatic heterocycles. The summed E-state index contributed by atoms with van der Waals surface area (Å²) < 4.78 is 45.8. The van der Waals surface area contributed by atoms with Gasteiger partial charge in [-0.2, -0.15) is 0 Å². The van der Waals surface area contributed by atoms with Crippen molar-refractivity contribution in [1.82, 2.24) is 5.32 Å². The van der Waals surface area contributed by atoms with E-state index in [9.17, 15) is 13.2 Å². The molecular weight excluding hydrogens is 271 g/mol. The summed E-state index contributed by atoms with van der Waals surface area (Å²) >= 11 is 0. The molecule has 0 spiro atoms. The molecule has 112 valence electrons. The van der Waals surface area contributed by atoms with Crippen LogP contribution in [-0.2, 0) is 0 Å². The standard InChI is InChI=1S/C14H18F3NO2/c1-9-8-18-6-5-11(9)12-4-3-10(7-13(12)19-2)20-14(15,16)17/h3-4,7,9,11,18H,5-6,8H2,1-2H3/t9-,11+/m0/s1. The fraction of sp³-hybridized carbons (Fsp3) is 0.571. The van der Waals surface area contributed by atoms with Crippen molar-refractivity contribution >= 4 is 0 Å². The quantitative estimate of drug-likeness (QED) is 0.926. The van der Waals surface area contributed by atoms with Gasteiger partial charge in [-0.05, 0) is 43.0 Å². The number of rotatable bonds is 3. The Balaban J connectivity index is 2.25. The first-order chi connectivity index (χ1) is 9.40. The van der Waals surface area contributed by atoms with Crippen LogP contribution in [0.3, 0.4) is 0 Å². The van der Waals surface area contributed by atoms with Gasteiger partial charge in [0.1, 0.15) is 11.5 Å². The topological polar surface area (TPSA) is 30.5 Å². The normalized spacial score (nSPS) is 23.4. The van der Waals surface area contributed by atoms with E-state index in [-0.39, 0.29) is 11.7 Å². The van der Waals surface area contributed by atoms with Crippen LogP contribution in [-0.4, -0.2) is 26.6 Å². The number of nitrogens with one attached hydrogen (secondary N) is 1. The molecule has 2 atom stereocenters. The summed E-state index contributed by atoms with van der Waals surface area (Å²) in [6.45, 7) is 3.92. The second-order valence-corrected chi connectivity index (χ2v) is 5.03. The Morgan fingerprint density at radius 3 is 2.65 bits per heavy atom. The average Bonchev–Trinajstić information content (AvgIpc) is 2.38. The van der Waals surface area contributed by atoms with Gasteiger partial charge >= 0.3 is 6.36 Å². The monoisotopic (exact) mass is 289 g/mol. The summed E-state index contributed by atoms with van der Waals surface area (Å²) in [7, 11) is 1.46. The van der Waals surface area contributed by atoms with Crippen LogP contribution in [0.15, 0.2) is 18.2 Å². The third kappa shape index (κ3) is 3.56. The molecule has 1 fully saturated rings. The van der Waals surface area contributed by atoms with Crippen LogP contribution in [0.25, 0.3) is 0 Å². The summed E-state index contributed by atoms with van der Waals surface area (Å²) in [5.41, 5.74) is 0.941. The van der Waals surface area contributed by atoms with Crippen molar-refractivity contribution in [3.8, 4) is 11.5 Å². The number of piperidine rings is 1. The first-order valence-corrected chi connectivity index (χ1v) is 6.55. The second-order valence-electron chi connectivity index (χ2n) is 5.03. The lowest BCUT2D eigenvalue weighted by molar-refractivity contribution is -0.274. The van der Waals surface area contributed by atoms with Crippen LogP contribution in [0, 0.1) is 5.92 Å². The van der Waals surface area contributed by atoms with Crippen molar-refractivity contribution in [2.75, 3.05) is 20.2 Å². The van der Waals surface area contributed by atoms with Crippen LogP contribution in [0.4, 0.5) is 13.2 Å². The zero-order valence-electron chi connectivity index (χ0n) is 11.5. The molecule has 1 N–H and O–H groups in total. The minimum absolute atomic E-state index is 0.250. The molecule has 0 bridgehead atoms. The molecule has 1 saturated heterocycles. The number of alkyl halides is 3. The lowest BCUT2D eigenvalue weighted by atomic mass is 9.82. The van der Waals surface area contributed by atoms with Crippen LogP contribution in [0.5, 0.6) is 11.5 Å². The molecule has 1 aromatic carbocycles. The lowest BCUT2D eigenvalue weighted by Crippen LogP contribution is -2.33. The van der Waals surface area contributed by atoms with E-state index in [1.807, 2.05) is 0 Å². The Kier molecular flexibility index (Phi) is 4.42. The SMILES string of the molecule is COc1cc(OC(F)(F)F)ccc1[C@@H]1CCNC[C@@H]1C. The van der Waals surface area contributed by atoms with Crippen LogP contribution in [0.1, 0.15) is 24.8 Å². The van der Waals surface area contributed by atoms with E-state index in [0.29, 0.717) is 11.7 Å². The number of halogens is 3. The Morgan fingerprint density at radius 2 is 2.05 bits per heavy atom. The molecule has 3 nitrogen and oxygen atoms in total. The van der Waals surface area contributed by atoms with Crippen molar-refractivity contribution in [2.45, 2.75) is 25.6 Å². The van der Waals surface area contributed by atoms with Gasteiger partial charge in [0.15, 0.2) is 0 Å². The molecule has 0 radical (unpaired) electrons. The maximum atomic E-state index is 12.2. The van der Waals surface area contributed by atoms with E-state index in [0.717, 1.165) is 25.1 Å². The first kappa shape index (κ1) is 15.0. The molecule has 1 aromatic rings. The Morgan fingerprint density at radius 1 is 1.30 bits per heavy atom. The highest BCUT2D eigenvalue weighted by molar-refractivity contribution is 5.43. The summed E-state index contributed by atoms with van der Waals surface area (Å²) in [5.74, 6) is 0.892. The zero-order valence-corrected chi connectivity index (χ0v) is 11.5. The fourth-order valence-electron chi connectivity index (χ4n) is 2.67. The summed E-state index contributed by atoms with van der Waals surface area (Å²) in [6, 6.07) is 4.32. The average molecular weight is 289 g/mol. The minimum Gasteiger partial charge on any atom is -0.496 e. The maximum absolute atomic E-state index is 12.2. The van der Waals surface area contributed by atoms with Crippen molar-refractivity contribution in [1.29, 1.82) is 0 Å². The molecule has 0 saturated carbocycles. The van der Waals surface area contributed by atoms with Crippen molar-refractivity contribution in [3.05, 3.63) is 23.8 Å². The second kappa shape index (κ2) is 5.91. The number of hydrogen-bond acceptors (Lipinski definition) is 3. The van der Waals surface area contributed by atoms with Crippen molar-refractivity contribution in [3.63, 3.8) is 0 Å². The Hall–Kier alpha value is -1.43. The molecule has 6 heteroatoms. The van der Waals surface area contributed by atoms with Gasteiger partial charge in [0.2, 0.25) is 0 Å². The highest BCUT2D eigenvalue weighted by Crippen LogP contribution is 2.38. The number of methoxy groups -OCH3 is 1. The van der Waals surface area contributed by atoms with Gasteiger partial charge < -0.3 is 14.8 Å². The predicted molar refractivity (Wildman–Crippen MR) is 69.1 cm³/mol. The van der Waals surface area contributed by atoms with Gasteiger partial charge in [-0.1, -0.05) is 13.0 Å². The molecule has 0 amide bonds. The van der Waals surface area contributed by atoms with Gasteiger partial charge in [0, 0.05) is 6.07 Å². The summed E-state index contributed by atoms with van der Waals surface area (Å²) in [6.07, 6.45) is -3.74. The van der Waals surface area contributed by atoms with Crippen LogP contribution in [0.2, 0.25) is 0 Å². The molecule has 1 aliphatic rings. The van der Waals surface area contributed by atoms with Crippen LogP contribution < -0.4 is 14.8 Å². The van der Waals surface area contributed by atoms with Crippen LogP contribution >= 0.6 is 0 Å². The first-order valence-electron chi connectivity index (χ1n) is 6.55. The number of hydrogen-bond donors (Lipinski definition) is 1. The van der Waals surface area contributed by atoms with E-state index < -0.39 is 6.36 Å². The van der Waals surface area contributed by atoms with E-state index in [4.69, 9.17) is 4.74 Å². The third-order valence-corrected chi connectivity index (χ3v) is 3.62.